The number of hydrogen-bond donors (Lipinski definition) is 0. The zero-order valence-electron chi connectivity index (χ0n) is 5.95. The van der Waals surface area contributed by atoms with E-state index < -0.39 is 0 Å². The quantitative estimate of drug-likeness (QED) is 0.467. The summed E-state index contributed by atoms with van der Waals surface area (Å²) < 4.78 is 10.8. The molecule has 1 fully saturated rings. The Labute approximate surface area is 60.8 Å². The number of fused-ring (bicyclic) bond motifs is 1. The summed E-state index contributed by atoms with van der Waals surface area (Å²) >= 11 is 0. The van der Waals surface area contributed by atoms with E-state index in [9.17, 15) is 0 Å². The zero-order chi connectivity index (χ0) is 6.81. The molecule has 2 atom stereocenters. The maximum atomic E-state index is 5.52. The fourth-order valence-electron chi connectivity index (χ4n) is 1.54. The largest absolute Gasteiger partial charge is 0.381 e. The van der Waals surface area contributed by atoms with E-state index in [1.807, 2.05) is 0 Å². The first kappa shape index (κ1) is 6.38. The molecule has 0 spiro atoms. The SMILES string of the molecule is C1=CC2COCCC2OC1. The minimum Gasteiger partial charge on any atom is -0.381 e. The van der Waals surface area contributed by atoms with Crippen molar-refractivity contribution >= 4 is 0 Å². The van der Waals surface area contributed by atoms with Gasteiger partial charge >= 0.3 is 0 Å². The molecule has 1 saturated heterocycles. The zero-order valence-corrected chi connectivity index (χ0v) is 5.95. The highest BCUT2D eigenvalue weighted by Crippen LogP contribution is 2.21. The highest BCUT2D eigenvalue weighted by atomic mass is 16.5. The van der Waals surface area contributed by atoms with Gasteiger partial charge in [-0.2, -0.15) is 0 Å². The van der Waals surface area contributed by atoms with E-state index in [1.54, 1.807) is 0 Å². The van der Waals surface area contributed by atoms with Crippen molar-refractivity contribution in [2.45, 2.75) is 12.5 Å². The molecular weight excluding hydrogens is 128 g/mol. The van der Waals surface area contributed by atoms with Gasteiger partial charge in [-0.3, -0.25) is 0 Å². The van der Waals surface area contributed by atoms with Gasteiger partial charge in [-0.25, -0.2) is 0 Å². The highest BCUT2D eigenvalue weighted by Gasteiger charge is 2.25. The second-order valence-corrected chi connectivity index (χ2v) is 2.83. The van der Waals surface area contributed by atoms with Crippen LogP contribution in [0.2, 0.25) is 0 Å². The standard InChI is InChI=1S/C8H12O2/c1-2-7-6-9-5-3-8(7)10-4-1/h1-2,7-8H,3-6H2. The first-order valence-corrected chi connectivity index (χ1v) is 3.83. The Morgan fingerprint density at radius 2 is 2.40 bits per heavy atom. The lowest BCUT2D eigenvalue weighted by molar-refractivity contribution is -0.0579. The minimum absolute atomic E-state index is 0.443. The third kappa shape index (κ3) is 1.09. The van der Waals surface area contributed by atoms with E-state index in [0.717, 1.165) is 26.2 Å². The Kier molecular flexibility index (Phi) is 1.74. The Bertz CT molecular complexity index is 142. The summed E-state index contributed by atoms with van der Waals surface area (Å²) in [5.41, 5.74) is 0. The second kappa shape index (κ2) is 2.72. The minimum atomic E-state index is 0.443. The molecule has 2 nitrogen and oxygen atoms in total. The summed E-state index contributed by atoms with van der Waals surface area (Å²) in [6.45, 7) is 2.51. The van der Waals surface area contributed by atoms with Crippen LogP contribution in [0.5, 0.6) is 0 Å². The molecule has 0 N–H and O–H groups in total. The van der Waals surface area contributed by atoms with Gasteiger partial charge in [0.15, 0.2) is 0 Å². The van der Waals surface area contributed by atoms with Crippen molar-refractivity contribution in [2.75, 3.05) is 19.8 Å². The molecule has 0 radical (unpaired) electrons. The highest BCUT2D eigenvalue weighted by molar-refractivity contribution is 4.97. The van der Waals surface area contributed by atoms with E-state index >= 15 is 0 Å². The van der Waals surface area contributed by atoms with Crippen molar-refractivity contribution in [3.63, 3.8) is 0 Å². The van der Waals surface area contributed by atoms with Gasteiger partial charge in [-0.15, -0.1) is 0 Å². The molecule has 0 bridgehead atoms. The molecule has 0 aromatic rings. The summed E-state index contributed by atoms with van der Waals surface area (Å²) in [7, 11) is 0. The first-order valence-electron chi connectivity index (χ1n) is 3.83. The van der Waals surface area contributed by atoms with Crippen LogP contribution in [0.15, 0.2) is 12.2 Å². The molecule has 2 unspecified atom stereocenters. The van der Waals surface area contributed by atoms with Crippen molar-refractivity contribution in [1.82, 2.24) is 0 Å². The Morgan fingerprint density at radius 3 is 3.30 bits per heavy atom. The number of ether oxygens (including phenoxy) is 2. The van der Waals surface area contributed by atoms with Gasteiger partial charge in [-0.1, -0.05) is 12.2 Å². The van der Waals surface area contributed by atoms with Gasteiger partial charge in [0.1, 0.15) is 0 Å². The maximum absolute atomic E-state index is 5.52. The average molecular weight is 140 g/mol. The van der Waals surface area contributed by atoms with Crippen LogP contribution in [0.4, 0.5) is 0 Å². The van der Waals surface area contributed by atoms with Crippen LogP contribution in [0.25, 0.3) is 0 Å². The van der Waals surface area contributed by atoms with Gasteiger partial charge < -0.3 is 9.47 Å². The van der Waals surface area contributed by atoms with Crippen LogP contribution in [-0.2, 0) is 9.47 Å². The normalized spacial score (nSPS) is 39.2. The van der Waals surface area contributed by atoms with Crippen LogP contribution in [0, 0.1) is 5.92 Å². The molecule has 0 aliphatic carbocycles. The third-order valence-corrected chi connectivity index (χ3v) is 2.12. The van der Waals surface area contributed by atoms with Crippen LogP contribution in [-0.4, -0.2) is 25.9 Å². The van der Waals surface area contributed by atoms with Gasteiger partial charge in [0, 0.05) is 12.5 Å². The van der Waals surface area contributed by atoms with Gasteiger partial charge in [0.25, 0.3) is 0 Å². The average Bonchev–Trinajstić information content (AvgIpc) is 2.05. The summed E-state index contributed by atoms with van der Waals surface area (Å²) in [5.74, 6) is 0.530. The lowest BCUT2D eigenvalue weighted by Crippen LogP contribution is -2.35. The molecule has 0 saturated carbocycles. The van der Waals surface area contributed by atoms with E-state index in [-0.39, 0.29) is 0 Å². The van der Waals surface area contributed by atoms with E-state index in [0.29, 0.717) is 12.0 Å². The molecule has 2 rings (SSSR count). The number of hydrogen-bond acceptors (Lipinski definition) is 2. The van der Waals surface area contributed by atoms with Crippen molar-refractivity contribution in [1.29, 1.82) is 0 Å². The Balaban J connectivity index is 2.03. The summed E-state index contributed by atoms with van der Waals surface area (Å²) in [6, 6.07) is 0. The predicted octanol–water partition coefficient (Wildman–Crippen LogP) is 0.978. The van der Waals surface area contributed by atoms with Crippen LogP contribution < -0.4 is 0 Å². The predicted molar refractivity (Wildman–Crippen MR) is 37.8 cm³/mol. The maximum Gasteiger partial charge on any atom is 0.0686 e. The molecular formula is C8H12O2. The molecule has 10 heavy (non-hydrogen) atoms. The summed E-state index contributed by atoms with van der Waals surface area (Å²) in [5, 5.41) is 0. The monoisotopic (exact) mass is 140 g/mol. The summed E-state index contributed by atoms with van der Waals surface area (Å²) in [4.78, 5) is 0. The van der Waals surface area contributed by atoms with E-state index in [1.165, 1.54) is 0 Å². The van der Waals surface area contributed by atoms with Crippen LogP contribution in [0.3, 0.4) is 0 Å². The van der Waals surface area contributed by atoms with Gasteiger partial charge in [-0.05, 0) is 6.42 Å². The molecule has 0 amide bonds. The van der Waals surface area contributed by atoms with Crippen molar-refractivity contribution in [3.8, 4) is 0 Å². The Morgan fingerprint density at radius 1 is 1.40 bits per heavy atom. The molecule has 0 aromatic carbocycles. The molecule has 2 heteroatoms. The fourth-order valence-corrected chi connectivity index (χ4v) is 1.54. The Hall–Kier alpha value is -0.340. The van der Waals surface area contributed by atoms with Crippen LogP contribution >= 0.6 is 0 Å². The first-order chi connectivity index (χ1) is 4.97. The molecule has 2 heterocycles. The number of rotatable bonds is 0. The molecule has 2 aliphatic rings. The van der Waals surface area contributed by atoms with E-state index in [4.69, 9.17) is 9.47 Å². The topological polar surface area (TPSA) is 18.5 Å². The van der Waals surface area contributed by atoms with Gasteiger partial charge in [0.2, 0.25) is 0 Å². The smallest absolute Gasteiger partial charge is 0.0686 e. The van der Waals surface area contributed by atoms with Gasteiger partial charge in [0.05, 0.1) is 19.3 Å². The second-order valence-electron chi connectivity index (χ2n) is 2.83. The lowest BCUT2D eigenvalue weighted by Gasteiger charge is -2.31. The lowest BCUT2D eigenvalue weighted by atomic mass is 9.96. The molecule has 56 valence electrons. The fraction of sp³-hybridized carbons (Fsp3) is 0.750. The molecule has 0 aromatic heterocycles. The summed E-state index contributed by atoms with van der Waals surface area (Å²) in [6.07, 6.45) is 5.80. The third-order valence-electron chi connectivity index (χ3n) is 2.12. The van der Waals surface area contributed by atoms with Crippen molar-refractivity contribution in [3.05, 3.63) is 12.2 Å². The molecule has 2 aliphatic heterocycles. The van der Waals surface area contributed by atoms with E-state index in [2.05, 4.69) is 12.2 Å². The van der Waals surface area contributed by atoms with Crippen molar-refractivity contribution in [2.24, 2.45) is 5.92 Å². The van der Waals surface area contributed by atoms with Crippen LogP contribution in [0.1, 0.15) is 6.42 Å². The van der Waals surface area contributed by atoms with Crippen molar-refractivity contribution < 1.29 is 9.47 Å².